The highest BCUT2D eigenvalue weighted by atomic mass is 16.4. The molecule has 0 aliphatic carbocycles. The van der Waals surface area contributed by atoms with Crippen molar-refractivity contribution in [1.82, 2.24) is 19.4 Å². The van der Waals surface area contributed by atoms with Crippen LogP contribution in [0.5, 0.6) is 0 Å². The van der Waals surface area contributed by atoms with Crippen LogP contribution in [-0.4, -0.2) is 39.9 Å². The molecule has 0 unspecified atom stereocenters. The average Bonchev–Trinajstić information content (AvgIpc) is 3.02. The van der Waals surface area contributed by atoms with E-state index in [9.17, 15) is 4.79 Å². The Kier molecular flexibility index (Phi) is 4.95. The van der Waals surface area contributed by atoms with Crippen LogP contribution in [0.2, 0.25) is 0 Å². The quantitative estimate of drug-likeness (QED) is 0.386. The van der Waals surface area contributed by atoms with E-state index < -0.39 is 0 Å². The molecule has 0 N–H and O–H groups in total. The van der Waals surface area contributed by atoms with Gasteiger partial charge >= 0.3 is 5.76 Å². The first-order valence-electron chi connectivity index (χ1n) is 9.21. The third-order valence-corrected chi connectivity index (χ3v) is 4.42. The van der Waals surface area contributed by atoms with Crippen LogP contribution in [0.3, 0.4) is 0 Å². The SMILES string of the molecule is Cc1ccc2oc(=O)n(Cc3cccc(-c4ncc(N=CN(C)C)cn4)c3)c2c1. The Morgan fingerprint density at radius 1 is 1.14 bits per heavy atom. The molecule has 0 bridgehead atoms. The van der Waals surface area contributed by atoms with Crippen molar-refractivity contribution in [3.05, 3.63) is 76.5 Å². The molecule has 29 heavy (non-hydrogen) atoms. The van der Waals surface area contributed by atoms with E-state index in [0.29, 0.717) is 23.6 Å². The molecule has 7 nitrogen and oxygen atoms in total. The molecule has 7 heteroatoms. The van der Waals surface area contributed by atoms with Crippen LogP contribution >= 0.6 is 0 Å². The van der Waals surface area contributed by atoms with Gasteiger partial charge in [-0.25, -0.2) is 19.8 Å². The van der Waals surface area contributed by atoms with Crippen molar-refractivity contribution in [3.63, 3.8) is 0 Å². The van der Waals surface area contributed by atoms with Gasteiger partial charge in [-0.1, -0.05) is 24.3 Å². The van der Waals surface area contributed by atoms with Crippen LogP contribution < -0.4 is 5.76 Å². The number of nitrogens with zero attached hydrogens (tertiary/aromatic N) is 5. The Bertz CT molecular complexity index is 1240. The van der Waals surface area contributed by atoms with Gasteiger partial charge in [-0.15, -0.1) is 0 Å². The lowest BCUT2D eigenvalue weighted by molar-refractivity contribution is 0.517. The predicted molar refractivity (Wildman–Crippen MR) is 114 cm³/mol. The number of hydrogen-bond donors (Lipinski definition) is 0. The van der Waals surface area contributed by atoms with Gasteiger partial charge in [0.1, 0.15) is 5.69 Å². The van der Waals surface area contributed by atoms with Gasteiger partial charge < -0.3 is 9.32 Å². The number of fused-ring (bicyclic) bond motifs is 1. The maximum Gasteiger partial charge on any atom is 0.420 e. The van der Waals surface area contributed by atoms with Gasteiger partial charge in [0.15, 0.2) is 11.4 Å². The molecule has 0 amide bonds. The van der Waals surface area contributed by atoms with Crippen LogP contribution in [0, 0.1) is 6.92 Å². The summed E-state index contributed by atoms with van der Waals surface area (Å²) in [7, 11) is 3.81. The van der Waals surface area contributed by atoms with Crippen molar-refractivity contribution < 1.29 is 4.42 Å². The molecule has 2 aromatic carbocycles. The Labute approximate surface area is 168 Å². The second kappa shape index (κ2) is 7.71. The highest BCUT2D eigenvalue weighted by Crippen LogP contribution is 2.20. The number of aryl methyl sites for hydroxylation is 1. The molecule has 0 atom stereocenters. The van der Waals surface area contributed by atoms with Crippen LogP contribution in [0.4, 0.5) is 5.69 Å². The van der Waals surface area contributed by atoms with Gasteiger partial charge in [0.05, 0.1) is 30.8 Å². The number of rotatable bonds is 5. The van der Waals surface area contributed by atoms with E-state index in [1.165, 1.54) is 0 Å². The maximum atomic E-state index is 12.3. The van der Waals surface area contributed by atoms with E-state index in [2.05, 4.69) is 15.0 Å². The first-order valence-corrected chi connectivity index (χ1v) is 9.21. The third kappa shape index (κ3) is 4.08. The Morgan fingerprint density at radius 2 is 1.93 bits per heavy atom. The lowest BCUT2D eigenvalue weighted by Gasteiger charge is -2.06. The number of hydrogen-bond acceptors (Lipinski definition) is 5. The summed E-state index contributed by atoms with van der Waals surface area (Å²) in [6, 6.07) is 13.6. The Balaban J connectivity index is 1.62. The fraction of sp³-hybridized carbons (Fsp3) is 0.182. The molecule has 146 valence electrons. The van der Waals surface area contributed by atoms with Crippen molar-refractivity contribution in [1.29, 1.82) is 0 Å². The first kappa shape index (κ1) is 18.6. The lowest BCUT2D eigenvalue weighted by atomic mass is 10.1. The number of oxazole rings is 1. The Morgan fingerprint density at radius 3 is 2.69 bits per heavy atom. The smallest absolute Gasteiger partial charge is 0.408 e. The van der Waals surface area contributed by atoms with E-state index in [1.807, 2.05) is 68.4 Å². The second-order valence-corrected chi connectivity index (χ2v) is 7.10. The largest absolute Gasteiger partial charge is 0.420 e. The maximum absolute atomic E-state index is 12.3. The molecule has 2 heterocycles. The van der Waals surface area contributed by atoms with Gasteiger partial charge in [-0.05, 0) is 36.2 Å². The topological polar surface area (TPSA) is 76.5 Å². The molecule has 0 radical (unpaired) electrons. The van der Waals surface area contributed by atoms with Gasteiger partial charge in [-0.3, -0.25) is 4.57 Å². The van der Waals surface area contributed by atoms with Gasteiger partial charge in [0.25, 0.3) is 0 Å². The zero-order valence-corrected chi connectivity index (χ0v) is 16.5. The van der Waals surface area contributed by atoms with Gasteiger partial charge in [0.2, 0.25) is 0 Å². The molecule has 0 fully saturated rings. The van der Waals surface area contributed by atoms with Crippen molar-refractivity contribution >= 4 is 23.1 Å². The number of aromatic nitrogens is 3. The molecule has 0 saturated carbocycles. The van der Waals surface area contributed by atoms with Crippen molar-refractivity contribution in [3.8, 4) is 11.4 Å². The van der Waals surface area contributed by atoms with E-state index in [0.717, 1.165) is 22.2 Å². The molecular weight excluding hydrogens is 366 g/mol. The summed E-state index contributed by atoms with van der Waals surface area (Å²) >= 11 is 0. The monoisotopic (exact) mass is 387 g/mol. The summed E-state index contributed by atoms with van der Waals surface area (Å²) in [4.78, 5) is 27.3. The van der Waals surface area contributed by atoms with Gasteiger partial charge in [-0.2, -0.15) is 0 Å². The fourth-order valence-corrected chi connectivity index (χ4v) is 3.03. The van der Waals surface area contributed by atoms with Crippen molar-refractivity contribution in [2.45, 2.75) is 13.5 Å². The standard InChI is InChI=1S/C22H21N5O2/c1-15-7-8-20-19(9-15)27(22(28)29-20)13-16-5-4-6-17(10-16)21-23-11-18(12-24-21)25-14-26(2)3/h4-12,14H,13H2,1-3H3. The number of benzene rings is 2. The third-order valence-electron chi connectivity index (χ3n) is 4.42. The summed E-state index contributed by atoms with van der Waals surface area (Å²) < 4.78 is 7.00. The summed E-state index contributed by atoms with van der Waals surface area (Å²) in [5, 5.41) is 0. The van der Waals surface area contributed by atoms with E-state index in [4.69, 9.17) is 4.42 Å². The zero-order chi connectivity index (χ0) is 20.4. The summed E-state index contributed by atoms with van der Waals surface area (Å²) in [6.07, 6.45) is 5.07. The van der Waals surface area contributed by atoms with E-state index in [-0.39, 0.29) is 5.76 Å². The normalized spacial score (nSPS) is 11.4. The highest BCUT2D eigenvalue weighted by Gasteiger charge is 2.11. The van der Waals surface area contributed by atoms with E-state index >= 15 is 0 Å². The summed E-state index contributed by atoms with van der Waals surface area (Å²) in [6.45, 7) is 2.40. The molecular formula is C22H21N5O2. The van der Waals surface area contributed by atoms with E-state index in [1.54, 1.807) is 23.3 Å². The molecule has 0 saturated heterocycles. The fourth-order valence-electron chi connectivity index (χ4n) is 3.03. The lowest BCUT2D eigenvalue weighted by Crippen LogP contribution is -2.14. The summed E-state index contributed by atoms with van der Waals surface area (Å²) in [5.41, 5.74) is 4.99. The molecule has 0 spiro atoms. The summed E-state index contributed by atoms with van der Waals surface area (Å²) in [5.74, 6) is 0.242. The molecule has 4 aromatic rings. The van der Waals surface area contributed by atoms with Crippen LogP contribution in [0.25, 0.3) is 22.5 Å². The second-order valence-electron chi connectivity index (χ2n) is 7.10. The van der Waals surface area contributed by atoms with Crippen molar-refractivity contribution in [2.24, 2.45) is 4.99 Å². The van der Waals surface area contributed by atoms with Crippen LogP contribution in [-0.2, 0) is 6.54 Å². The van der Waals surface area contributed by atoms with Crippen LogP contribution in [0.1, 0.15) is 11.1 Å². The Hall–Kier alpha value is -3.74. The van der Waals surface area contributed by atoms with Crippen molar-refractivity contribution in [2.75, 3.05) is 14.1 Å². The molecule has 0 aliphatic heterocycles. The predicted octanol–water partition coefficient (Wildman–Crippen LogP) is 3.63. The van der Waals surface area contributed by atoms with Crippen LogP contribution in [0.15, 0.2) is 69.1 Å². The average molecular weight is 387 g/mol. The minimum atomic E-state index is -0.365. The molecule has 0 aliphatic rings. The highest BCUT2D eigenvalue weighted by molar-refractivity contribution is 5.74. The first-order chi connectivity index (χ1) is 14.0. The zero-order valence-electron chi connectivity index (χ0n) is 16.5. The molecule has 2 aromatic heterocycles. The minimum absolute atomic E-state index is 0.365. The van der Waals surface area contributed by atoms with Gasteiger partial charge in [0, 0.05) is 19.7 Å². The number of aliphatic imine (C=N–C) groups is 1. The molecule has 4 rings (SSSR count). The minimum Gasteiger partial charge on any atom is -0.408 e.